The number of piperazine rings is 1. The summed E-state index contributed by atoms with van der Waals surface area (Å²) in [6.45, 7) is 7.30. The third-order valence-corrected chi connectivity index (χ3v) is 3.69. The van der Waals surface area contributed by atoms with E-state index in [-0.39, 0.29) is 5.91 Å². The van der Waals surface area contributed by atoms with Crippen molar-refractivity contribution in [3.05, 3.63) is 30.3 Å². The van der Waals surface area contributed by atoms with Gasteiger partial charge in [-0.1, -0.05) is 32.0 Å². The molecule has 0 spiro atoms. The molecule has 1 heterocycles. The molecule has 110 valence electrons. The van der Waals surface area contributed by atoms with Crippen LogP contribution in [0.4, 0.5) is 0 Å². The highest BCUT2D eigenvalue weighted by molar-refractivity contribution is 5.76. The molecule has 0 saturated carbocycles. The molecule has 0 aliphatic carbocycles. The van der Waals surface area contributed by atoms with Crippen molar-refractivity contribution in [1.82, 2.24) is 10.2 Å². The molecular weight excluding hydrogens is 252 g/mol. The van der Waals surface area contributed by atoms with Gasteiger partial charge in [-0.2, -0.15) is 0 Å². The van der Waals surface area contributed by atoms with Crippen molar-refractivity contribution in [1.29, 1.82) is 0 Å². The van der Waals surface area contributed by atoms with E-state index in [9.17, 15) is 4.79 Å². The third kappa shape index (κ3) is 4.23. The minimum absolute atomic E-state index is 0.188. The zero-order valence-electron chi connectivity index (χ0n) is 12.3. The average Bonchev–Trinajstić information content (AvgIpc) is 2.48. The van der Waals surface area contributed by atoms with Crippen molar-refractivity contribution in [2.45, 2.75) is 26.3 Å². The molecule has 1 amide bonds. The van der Waals surface area contributed by atoms with E-state index in [1.54, 1.807) is 0 Å². The van der Waals surface area contributed by atoms with Crippen LogP contribution in [-0.2, 0) is 4.79 Å². The lowest BCUT2D eigenvalue weighted by atomic mass is 10.0. The Hall–Kier alpha value is -1.55. The van der Waals surface area contributed by atoms with Crippen molar-refractivity contribution in [3.8, 4) is 5.75 Å². The highest BCUT2D eigenvalue weighted by Gasteiger charge is 2.24. The Labute approximate surface area is 121 Å². The Balaban J connectivity index is 1.74. The van der Waals surface area contributed by atoms with Crippen LogP contribution in [0.3, 0.4) is 0 Å². The van der Waals surface area contributed by atoms with Gasteiger partial charge in [0.25, 0.3) is 0 Å². The van der Waals surface area contributed by atoms with Gasteiger partial charge >= 0.3 is 0 Å². The van der Waals surface area contributed by atoms with Crippen LogP contribution in [0.5, 0.6) is 5.75 Å². The molecule has 0 aromatic heterocycles. The first-order valence-corrected chi connectivity index (χ1v) is 7.36. The summed E-state index contributed by atoms with van der Waals surface area (Å²) in [5.74, 6) is 1.56. The van der Waals surface area contributed by atoms with E-state index >= 15 is 0 Å². The van der Waals surface area contributed by atoms with E-state index in [0.717, 1.165) is 25.4 Å². The van der Waals surface area contributed by atoms with E-state index in [0.29, 0.717) is 25.0 Å². The molecule has 1 aromatic rings. The highest BCUT2D eigenvalue weighted by Crippen LogP contribution is 2.11. The summed E-state index contributed by atoms with van der Waals surface area (Å²) >= 11 is 0. The van der Waals surface area contributed by atoms with Crippen LogP contribution in [0.25, 0.3) is 0 Å². The lowest BCUT2D eigenvalue weighted by Gasteiger charge is -2.35. The van der Waals surface area contributed by atoms with Crippen LogP contribution in [-0.4, -0.2) is 43.1 Å². The molecule has 1 saturated heterocycles. The molecule has 1 N–H and O–H groups in total. The number of ether oxygens (including phenoxy) is 1. The minimum Gasteiger partial charge on any atom is -0.493 e. The minimum atomic E-state index is 0.188. The standard InChI is InChI=1S/C16H24N2O2/c1-13(2)15-12-18(10-9-17-15)16(19)8-11-20-14-6-4-3-5-7-14/h3-7,13,15,17H,8-12H2,1-2H3. The first kappa shape index (κ1) is 14.9. The smallest absolute Gasteiger partial charge is 0.226 e. The lowest BCUT2D eigenvalue weighted by Crippen LogP contribution is -2.54. The van der Waals surface area contributed by atoms with Gasteiger partial charge in [-0.25, -0.2) is 0 Å². The Morgan fingerprint density at radius 1 is 1.40 bits per heavy atom. The predicted octanol–water partition coefficient (Wildman–Crippen LogP) is 1.91. The van der Waals surface area contributed by atoms with Crippen molar-refractivity contribution in [2.24, 2.45) is 5.92 Å². The van der Waals surface area contributed by atoms with E-state index < -0.39 is 0 Å². The zero-order valence-corrected chi connectivity index (χ0v) is 12.3. The van der Waals surface area contributed by atoms with Gasteiger partial charge in [0.2, 0.25) is 5.91 Å². The van der Waals surface area contributed by atoms with Gasteiger partial charge in [0, 0.05) is 25.7 Å². The monoisotopic (exact) mass is 276 g/mol. The number of hydrogen-bond acceptors (Lipinski definition) is 3. The average molecular weight is 276 g/mol. The summed E-state index contributed by atoms with van der Waals surface area (Å²) < 4.78 is 5.58. The number of rotatable bonds is 5. The van der Waals surface area contributed by atoms with Crippen LogP contribution >= 0.6 is 0 Å². The van der Waals surface area contributed by atoms with Gasteiger partial charge < -0.3 is 15.0 Å². The maximum Gasteiger partial charge on any atom is 0.226 e. The maximum atomic E-state index is 12.2. The molecule has 4 nitrogen and oxygen atoms in total. The van der Waals surface area contributed by atoms with Crippen LogP contribution in [0.1, 0.15) is 20.3 Å². The van der Waals surface area contributed by atoms with Gasteiger partial charge in [-0.15, -0.1) is 0 Å². The largest absolute Gasteiger partial charge is 0.493 e. The van der Waals surface area contributed by atoms with Gasteiger partial charge in [0.15, 0.2) is 0 Å². The van der Waals surface area contributed by atoms with Crippen molar-refractivity contribution in [3.63, 3.8) is 0 Å². The summed E-state index contributed by atoms with van der Waals surface area (Å²) in [7, 11) is 0. The second-order valence-electron chi connectivity index (χ2n) is 5.56. The fourth-order valence-corrected chi connectivity index (χ4v) is 2.38. The van der Waals surface area contributed by atoms with Crippen LogP contribution < -0.4 is 10.1 Å². The number of nitrogens with one attached hydrogen (secondary N) is 1. The normalized spacial score (nSPS) is 19.1. The maximum absolute atomic E-state index is 12.2. The summed E-state index contributed by atoms with van der Waals surface area (Å²) in [6.07, 6.45) is 0.444. The predicted molar refractivity (Wildman–Crippen MR) is 79.8 cm³/mol. The van der Waals surface area contributed by atoms with Crippen molar-refractivity contribution >= 4 is 5.91 Å². The summed E-state index contributed by atoms with van der Waals surface area (Å²) in [5.41, 5.74) is 0. The molecule has 20 heavy (non-hydrogen) atoms. The number of hydrogen-bond donors (Lipinski definition) is 1. The van der Waals surface area contributed by atoms with Crippen LogP contribution in [0.2, 0.25) is 0 Å². The van der Waals surface area contributed by atoms with E-state index in [2.05, 4.69) is 19.2 Å². The summed E-state index contributed by atoms with van der Waals surface area (Å²) in [4.78, 5) is 14.1. The lowest BCUT2D eigenvalue weighted by molar-refractivity contribution is -0.133. The topological polar surface area (TPSA) is 41.6 Å². The number of carbonyl (C=O) groups is 1. The second kappa shape index (κ2) is 7.29. The molecule has 0 radical (unpaired) electrons. The Bertz CT molecular complexity index is 420. The number of carbonyl (C=O) groups excluding carboxylic acids is 1. The molecule has 1 fully saturated rings. The summed E-state index contributed by atoms with van der Waals surface area (Å²) in [5, 5.41) is 3.46. The summed E-state index contributed by atoms with van der Waals surface area (Å²) in [6, 6.07) is 10.0. The molecule has 0 bridgehead atoms. The SMILES string of the molecule is CC(C)C1CN(C(=O)CCOc2ccccc2)CCN1. The highest BCUT2D eigenvalue weighted by atomic mass is 16.5. The third-order valence-electron chi connectivity index (χ3n) is 3.69. The van der Waals surface area contributed by atoms with Gasteiger partial charge in [0.05, 0.1) is 13.0 Å². The fraction of sp³-hybridized carbons (Fsp3) is 0.562. The Morgan fingerprint density at radius 3 is 2.85 bits per heavy atom. The van der Waals surface area contributed by atoms with Crippen LogP contribution in [0, 0.1) is 5.92 Å². The Morgan fingerprint density at radius 2 is 2.15 bits per heavy atom. The van der Waals surface area contributed by atoms with Gasteiger partial charge in [-0.05, 0) is 18.1 Å². The quantitative estimate of drug-likeness (QED) is 0.893. The molecule has 1 aromatic carbocycles. The van der Waals surface area contributed by atoms with Gasteiger partial charge in [0.1, 0.15) is 5.75 Å². The first-order chi connectivity index (χ1) is 9.66. The molecule has 4 heteroatoms. The molecule has 1 unspecified atom stereocenters. The van der Waals surface area contributed by atoms with Crippen molar-refractivity contribution < 1.29 is 9.53 Å². The number of para-hydroxylation sites is 1. The van der Waals surface area contributed by atoms with Gasteiger partial charge in [-0.3, -0.25) is 4.79 Å². The molecule has 1 aliphatic rings. The fourth-order valence-electron chi connectivity index (χ4n) is 2.38. The van der Waals surface area contributed by atoms with Crippen molar-refractivity contribution in [2.75, 3.05) is 26.2 Å². The Kier molecular flexibility index (Phi) is 5.41. The van der Waals surface area contributed by atoms with Crippen LogP contribution in [0.15, 0.2) is 30.3 Å². The zero-order chi connectivity index (χ0) is 14.4. The second-order valence-corrected chi connectivity index (χ2v) is 5.56. The molecule has 2 rings (SSSR count). The van der Waals surface area contributed by atoms with E-state index in [1.807, 2.05) is 35.2 Å². The molecule has 1 atom stereocenters. The van der Waals surface area contributed by atoms with E-state index in [1.165, 1.54) is 0 Å². The number of benzene rings is 1. The molecular formula is C16H24N2O2. The van der Waals surface area contributed by atoms with E-state index in [4.69, 9.17) is 4.74 Å². The number of amides is 1. The number of nitrogens with zero attached hydrogens (tertiary/aromatic N) is 1. The molecule has 1 aliphatic heterocycles. The first-order valence-electron chi connectivity index (χ1n) is 7.36.